The summed E-state index contributed by atoms with van der Waals surface area (Å²) in [6.07, 6.45) is 0. The minimum atomic E-state index is -0.0365. The molecule has 0 bridgehead atoms. The highest BCUT2D eigenvalue weighted by atomic mass is 16.3. The molecule has 2 heterocycles. The van der Waals surface area contributed by atoms with Gasteiger partial charge in [-0.25, -0.2) is 0 Å². The Morgan fingerprint density at radius 3 is 1.46 bits per heavy atom. The number of anilines is 3. The fraction of sp³-hybridized carbons (Fsp3) is 0. The number of nitrogens with zero attached hydrogens (tertiary/aromatic N) is 1. The van der Waals surface area contributed by atoms with Crippen LogP contribution in [0.5, 0.6) is 5.75 Å². The van der Waals surface area contributed by atoms with Crippen molar-refractivity contribution in [2.45, 2.75) is 0 Å². The summed E-state index contributed by atoms with van der Waals surface area (Å²) in [5.41, 5.74) is 10.4. The van der Waals surface area contributed by atoms with Crippen LogP contribution in [0.3, 0.4) is 0 Å². The summed E-state index contributed by atoms with van der Waals surface area (Å²) in [4.78, 5) is 9.60. The van der Waals surface area contributed by atoms with Gasteiger partial charge in [-0.05, 0) is 48.5 Å². The van der Waals surface area contributed by atoms with E-state index in [4.69, 9.17) is 0 Å². The Morgan fingerprint density at radius 1 is 0.391 bits per heavy atom. The summed E-state index contributed by atoms with van der Waals surface area (Å²) in [7, 11) is 0. The fourth-order valence-corrected chi connectivity index (χ4v) is 7.02. The zero-order valence-corrected chi connectivity index (χ0v) is 24.9. The van der Waals surface area contributed by atoms with Crippen molar-refractivity contribution in [3.63, 3.8) is 0 Å². The lowest BCUT2D eigenvalue weighted by Gasteiger charge is -2.30. The van der Waals surface area contributed by atoms with Crippen molar-refractivity contribution in [1.82, 2.24) is 9.97 Å². The van der Waals surface area contributed by atoms with Gasteiger partial charge >= 0.3 is 0 Å². The lowest BCUT2D eigenvalue weighted by molar-refractivity contribution is 0.357. The van der Waals surface area contributed by atoms with Crippen LogP contribution in [0, 0.1) is 0 Å². The summed E-state index contributed by atoms with van der Waals surface area (Å²) < 4.78 is 0. The van der Waals surface area contributed by atoms with Gasteiger partial charge in [0.15, 0.2) is 5.75 Å². The van der Waals surface area contributed by atoms with Gasteiger partial charge in [0.05, 0.1) is 22.3 Å². The monoisotopic (exact) mass is 590 g/mol. The number of aromatic amines is 2. The number of aromatic nitrogens is 2. The number of nitrogens with one attached hydrogen (secondary N) is 2. The molecule has 2 N–H and O–H groups in total. The van der Waals surface area contributed by atoms with Gasteiger partial charge in [0.1, 0.15) is 0 Å². The summed E-state index contributed by atoms with van der Waals surface area (Å²) in [5.74, 6) is -0.0365. The number of para-hydroxylation sites is 6. The zero-order chi connectivity index (χ0) is 30.6. The number of H-pyrrole nitrogens is 2. The summed E-state index contributed by atoms with van der Waals surface area (Å²) in [6.45, 7) is 0. The van der Waals surface area contributed by atoms with E-state index < -0.39 is 0 Å². The number of benzene rings is 7. The molecular formula is C42H28N3O. The largest absolute Gasteiger partial charge is 0.354 e. The van der Waals surface area contributed by atoms with E-state index in [0.29, 0.717) is 5.56 Å². The second-order valence-corrected chi connectivity index (χ2v) is 11.6. The van der Waals surface area contributed by atoms with Crippen molar-refractivity contribution < 1.29 is 5.11 Å². The molecule has 0 aliphatic heterocycles. The first kappa shape index (κ1) is 26.2. The SMILES string of the molecule is [O]c1ccc(-c2cccc3c2[nH]c2ccccc23)c(N(c2ccccc2)c2ccccc2)c1-c1cccc2c1[nH]c1ccccc12. The first-order valence-electron chi connectivity index (χ1n) is 15.5. The number of hydrogen-bond acceptors (Lipinski definition) is 1. The van der Waals surface area contributed by atoms with E-state index in [1.54, 1.807) is 6.07 Å². The van der Waals surface area contributed by atoms with Crippen LogP contribution in [0.4, 0.5) is 17.1 Å². The molecule has 0 fully saturated rings. The molecule has 0 amide bonds. The molecule has 0 aliphatic rings. The third-order valence-electron chi connectivity index (χ3n) is 9.03. The van der Waals surface area contributed by atoms with Crippen molar-refractivity contribution in [2.75, 3.05) is 4.90 Å². The molecule has 4 heteroatoms. The average molecular weight is 591 g/mol. The van der Waals surface area contributed by atoms with E-state index in [0.717, 1.165) is 72.0 Å². The van der Waals surface area contributed by atoms with Crippen molar-refractivity contribution in [1.29, 1.82) is 0 Å². The molecule has 1 radical (unpaired) electrons. The van der Waals surface area contributed by atoms with Crippen LogP contribution in [-0.4, -0.2) is 9.97 Å². The van der Waals surface area contributed by atoms with E-state index in [2.05, 4.69) is 118 Å². The van der Waals surface area contributed by atoms with Crippen LogP contribution >= 0.6 is 0 Å². The van der Waals surface area contributed by atoms with Crippen molar-refractivity contribution >= 4 is 60.7 Å². The zero-order valence-electron chi connectivity index (χ0n) is 24.9. The average Bonchev–Trinajstić information content (AvgIpc) is 3.69. The molecule has 4 nitrogen and oxygen atoms in total. The van der Waals surface area contributed by atoms with E-state index in [-0.39, 0.29) is 5.75 Å². The Balaban J connectivity index is 1.44. The molecule has 9 aromatic rings. The molecule has 0 spiro atoms. The summed E-state index contributed by atoms with van der Waals surface area (Å²) in [5, 5.41) is 19.0. The maximum Gasteiger partial charge on any atom is 0.188 e. The van der Waals surface area contributed by atoms with Crippen molar-refractivity contribution in [2.24, 2.45) is 0 Å². The number of fused-ring (bicyclic) bond motifs is 6. The first-order chi connectivity index (χ1) is 22.8. The predicted molar refractivity (Wildman–Crippen MR) is 191 cm³/mol. The Hall–Kier alpha value is -6.26. The van der Waals surface area contributed by atoms with Crippen LogP contribution in [0.25, 0.3) is 65.9 Å². The van der Waals surface area contributed by atoms with Gasteiger partial charge in [0.25, 0.3) is 0 Å². The van der Waals surface area contributed by atoms with Gasteiger partial charge in [-0.15, -0.1) is 0 Å². The molecule has 0 aliphatic carbocycles. The quantitative estimate of drug-likeness (QED) is 0.206. The molecule has 46 heavy (non-hydrogen) atoms. The summed E-state index contributed by atoms with van der Waals surface area (Å²) >= 11 is 0. The van der Waals surface area contributed by atoms with E-state index in [1.807, 2.05) is 48.5 Å². The lowest BCUT2D eigenvalue weighted by Crippen LogP contribution is -2.12. The molecule has 0 saturated heterocycles. The second kappa shape index (κ2) is 10.4. The normalized spacial score (nSPS) is 11.6. The highest BCUT2D eigenvalue weighted by Gasteiger charge is 2.27. The van der Waals surface area contributed by atoms with Gasteiger partial charge < -0.3 is 14.9 Å². The second-order valence-electron chi connectivity index (χ2n) is 11.6. The van der Waals surface area contributed by atoms with E-state index in [1.165, 1.54) is 5.39 Å². The maximum atomic E-state index is 14.4. The molecule has 0 atom stereocenters. The lowest BCUT2D eigenvalue weighted by atomic mass is 9.91. The molecule has 9 rings (SSSR count). The van der Waals surface area contributed by atoms with Crippen LogP contribution in [-0.2, 0) is 5.11 Å². The molecular weight excluding hydrogens is 562 g/mol. The summed E-state index contributed by atoms with van der Waals surface area (Å²) in [6, 6.07) is 53.7. The topological polar surface area (TPSA) is 54.7 Å². The van der Waals surface area contributed by atoms with Crippen LogP contribution < -0.4 is 4.90 Å². The standard InChI is InChI=1S/C42H28N3O/c46-38-26-25-34(33-21-11-19-31-29-17-7-9-23-36(29)43-40(31)33)42(45(27-13-3-1-4-14-27)28-15-5-2-6-16-28)39(38)35-22-12-20-32-30-18-8-10-24-37(30)44-41(32)35/h1-26,43-44H. The molecule has 2 aromatic heterocycles. The Labute approximate surface area is 265 Å². The predicted octanol–water partition coefficient (Wildman–Crippen LogP) is 11.9. The van der Waals surface area contributed by atoms with E-state index in [9.17, 15) is 5.11 Å². The van der Waals surface area contributed by atoms with Crippen LogP contribution in [0.2, 0.25) is 0 Å². The number of rotatable bonds is 5. The maximum absolute atomic E-state index is 14.4. The van der Waals surface area contributed by atoms with Gasteiger partial charge in [-0.3, -0.25) is 5.11 Å². The number of hydrogen-bond donors (Lipinski definition) is 2. The first-order valence-corrected chi connectivity index (χ1v) is 15.5. The van der Waals surface area contributed by atoms with Gasteiger partial charge in [0, 0.05) is 60.6 Å². The molecule has 0 saturated carbocycles. The van der Waals surface area contributed by atoms with Crippen LogP contribution in [0.1, 0.15) is 0 Å². The Bertz CT molecular complexity index is 2510. The van der Waals surface area contributed by atoms with Gasteiger partial charge in [-0.1, -0.05) is 109 Å². The minimum absolute atomic E-state index is 0.0365. The van der Waals surface area contributed by atoms with Gasteiger partial charge in [0.2, 0.25) is 0 Å². The molecule has 0 unspecified atom stereocenters. The van der Waals surface area contributed by atoms with Crippen LogP contribution in [0.15, 0.2) is 158 Å². The highest BCUT2D eigenvalue weighted by molar-refractivity contribution is 6.17. The van der Waals surface area contributed by atoms with Crippen molar-refractivity contribution in [3.05, 3.63) is 158 Å². The smallest absolute Gasteiger partial charge is 0.188 e. The Kier molecular flexibility index (Phi) is 5.93. The van der Waals surface area contributed by atoms with Crippen molar-refractivity contribution in [3.8, 4) is 28.0 Å². The third-order valence-corrected chi connectivity index (χ3v) is 9.03. The van der Waals surface area contributed by atoms with E-state index >= 15 is 0 Å². The Morgan fingerprint density at radius 2 is 0.870 bits per heavy atom. The third kappa shape index (κ3) is 4.01. The molecule has 217 valence electrons. The van der Waals surface area contributed by atoms with Gasteiger partial charge in [-0.2, -0.15) is 0 Å². The minimum Gasteiger partial charge on any atom is -0.354 e. The molecule has 7 aromatic carbocycles. The highest BCUT2D eigenvalue weighted by Crippen LogP contribution is 2.52. The fourth-order valence-electron chi connectivity index (χ4n) is 7.02.